The summed E-state index contributed by atoms with van der Waals surface area (Å²) in [5, 5.41) is 78.0. The van der Waals surface area contributed by atoms with Crippen molar-refractivity contribution in [2.75, 3.05) is 26.5 Å². The van der Waals surface area contributed by atoms with E-state index >= 15 is 0 Å². The molecule has 4 aliphatic heterocycles. The number of para-hydroxylation sites is 1. The number of ketones is 2. The first-order valence-corrected chi connectivity index (χ1v) is 19.9. The van der Waals surface area contributed by atoms with E-state index in [0.29, 0.717) is 28.0 Å². The number of hydrogen-bond donors (Lipinski definition) is 9. The van der Waals surface area contributed by atoms with E-state index < -0.39 is 90.7 Å². The van der Waals surface area contributed by atoms with Gasteiger partial charge < -0.3 is 54.4 Å². The van der Waals surface area contributed by atoms with Crippen LogP contribution in [0.3, 0.4) is 0 Å². The van der Waals surface area contributed by atoms with Crippen LogP contribution >= 0.6 is 0 Å². The first-order valence-electron chi connectivity index (χ1n) is 19.9. The number of aldehydes is 1. The van der Waals surface area contributed by atoms with E-state index in [1.165, 1.54) is 30.5 Å². The van der Waals surface area contributed by atoms with Gasteiger partial charge in [-0.2, -0.15) is 4.99 Å². The van der Waals surface area contributed by atoms with Crippen molar-refractivity contribution in [1.82, 2.24) is 5.32 Å². The zero-order valence-corrected chi connectivity index (χ0v) is 32.8. The largest absolute Gasteiger partial charge is 0.499 e. The molecule has 2 aliphatic carbocycles. The van der Waals surface area contributed by atoms with Crippen LogP contribution in [-0.2, 0) is 25.7 Å². The zero-order valence-electron chi connectivity index (χ0n) is 32.8. The van der Waals surface area contributed by atoms with Gasteiger partial charge in [0.2, 0.25) is 18.0 Å². The van der Waals surface area contributed by atoms with Crippen LogP contribution in [0.4, 0.5) is 5.69 Å². The predicted octanol–water partition coefficient (Wildman–Crippen LogP) is -1.32. The molecular formula is C43H42N5O14+. The van der Waals surface area contributed by atoms with Gasteiger partial charge in [0.15, 0.2) is 35.3 Å². The molecule has 1 saturated carbocycles. The zero-order chi connectivity index (χ0) is 43.7. The van der Waals surface area contributed by atoms with Crippen LogP contribution in [0.5, 0.6) is 11.5 Å². The van der Waals surface area contributed by atoms with Crippen LogP contribution in [0.2, 0.25) is 0 Å². The van der Waals surface area contributed by atoms with E-state index in [2.05, 4.69) is 15.3 Å². The van der Waals surface area contributed by atoms with Crippen molar-refractivity contribution in [2.45, 2.75) is 67.6 Å². The number of fused-ring (bicyclic) bond motifs is 10. The van der Waals surface area contributed by atoms with Gasteiger partial charge in [0, 0.05) is 52.7 Å². The highest BCUT2D eigenvalue weighted by Gasteiger charge is 2.69. The first-order chi connectivity index (χ1) is 29.8. The van der Waals surface area contributed by atoms with Crippen LogP contribution in [0.25, 0.3) is 0 Å². The number of hydrogen-bond acceptors (Lipinski definition) is 16. The van der Waals surface area contributed by atoms with Gasteiger partial charge in [-0.25, -0.2) is 9.89 Å². The Morgan fingerprint density at radius 1 is 1.05 bits per heavy atom. The Labute approximate surface area is 352 Å². The summed E-state index contributed by atoms with van der Waals surface area (Å²) < 4.78 is 25.3. The molecule has 3 aromatic carbocycles. The minimum Gasteiger partial charge on any atom is -0.499 e. The fourth-order valence-electron chi connectivity index (χ4n) is 9.32. The number of aliphatic hydroxyl groups is 6. The number of ether oxygens (including phenoxy) is 4. The molecule has 19 heteroatoms. The van der Waals surface area contributed by atoms with Gasteiger partial charge in [0.05, 0.1) is 24.5 Å². The van der Waals surface area contributed by atoms with Crippen molar-refractivity contribution in [3.05, 3.63) is 99.8 Å². The summed E-state index contributed by atoms with van der Waals surface area (Å²) in [5.74, 6) is -5.06. The van der Waals surface area contributed by atoms with Gasteiger partial charge in [0.25, 0.3) is 11.7 Å². The summed E-state index contributed by atoms with van der Waals surface area (Å²) in [7, 11) is 0. The Morgan fingerprint density at radius 2 is 1.85 bits per heavy atom. The molecule has 9 rings (SSSR count). The lowest BCUT2D eigenvalue weighted by molar-refractivity contribution is -0.723. The molecule has 19 nitrogen and oxygen atoms in total. The second-order valence-corrected chi connectivity index (χ2v) is 16.0. The number of quaternary nitrogens is 1. The topological polar surface area (TPSA) is 292 Å². The maximum absolute atomic E-state index is 14.8. The van der Waals surface area contributed by atoms with Crippen LogP contribution < -0.4 is 19.7 Å². The van der Waals surface area contributed by atoms with Crippen molar-refractivity contribution < 1.29 is 73.7 Å². The molecule has 1 saturated heterocycles. The summed E-state index contributed by atoms with van der Waals surface area (Å²) in [5.41, 5.74) is -3.68. The molecule has 0 radical (unpaired) electrons. The van der Waals surface area contributed by atoms with Crippen LogP contribution in [-0.4, -0.2) is 134 Å². The molecule has 6 aliphatic rings. The van der Waals surface area contributed by atoms with E-state index in [4.69, 9.17) is 24.4 Å². The van der Waals surface area contributed by atoms with Crippen molar-refractivity contribution in [1.29, 1.82) is 5.41 Å². The van der Waals surface area contributed by atoms with Gasteiger partial charge >= 0.3 is 0 Å². The van der Waals surface area contributed by atoms with Gasteiger partial charge in [-0.15, -0.1) is 0 Å². The monoisotopic (exact) mass is 852 g/mol. The minimum atomic E-state index is -2.51. The Hall–Kier alpha value is -6.03. The Balaban J connectivity index is 1.32. The number of guanidine groups is 1. The number of allylic oxidation sites excluding steroid dienone is 1. The van der Waals surface area contributed by atoms with Gasteiger partial charge in [-0.1, -0.05) is 24.3 Å². The molecule has 9 unspecified atom stereocenters. The normalized spacial score (nSPS) is 30.2. The number of aliphatic imine (C=N–C) groups is 2. The summed E-state index contributed by atoms with van der Waals surface area (Å²) in [6, 6.07) is 12.7. The van der Waals surface area contributed by atoms with Crippen molar-refractivity contribution >= 4 is 47.0 Å². The number of amidine groups is 1. The molecule has 0 aromatic heterocycles. The number of nitrogens with zero attached hydrogens (tertiary/aromatic N) is 2. The number of carbonyl (C=O) groups is 4. The van der Waals surface area contributed by atoms with Gasteiger partial charge in [-0.3, -0.25) is 25.1 Å². The Kier molecular flexibility index (Phi) is 10.5. The number of rotatable bonds is 9. The number of aliphatic hydroxyl groups excluding tert-OH is 4. The van der Waals surface area contributed by atoms with Crippen molar-refractivity contribution in [3.63, 3.8) is 0 Å². The average Bonchev–Trinajstić information content (AvgIpc) is 3.68. The van der Waals surface area contributed by atoms with Crippen molar-refractivity contribution in [2.24, 2.45) is 15.9 Å². The molecule has 2 fully saturated rings. The fourth-order valence-corrected chi connectivity index (χ4v) is 9.32. The second kappa shape index (κ2) is 15.7. The summed E-state index contributed by atoms with van der Waals surface area (Å²) in [4.78, 5) is 62.9. The van der Waals surface area contributed by atoms with E-state index in [1.807, 2.05) is 0 Å². The van der Waals surface area contributed by atoms with Gasteiger partial charge in [0.1, 0.15) is 43.0 Å². The van der Waals surface area contributed by atoms with E-state index in [1.54, 1.807) is 30.3 Å². The van der Waals surface area contributed by atoms with Crippen molar-refractivity contribution in [3.8, 4) is 11.5 Å². The average molecular weight is 853 g/mol. The molecule has 4 bridgehead atoms. The third-order valence-corrected chi connectivity index (χ3v) is 12.6. The summed E-state index contributed by atoms with van der Waals surface area (Å²) in [6.45, 7) is -2.09. The van der Waals surface area contributed by atoms with Crippen LogP contribution in [0.15, 0.2) is 70.9 Å². The lowest BCUT2D eigenvalue weighted by atomic mass is 9.62. The molecule has 4 heterocycles. The molecule has 1 amide bonds. The highest BCUT2D eigenvalue weighted by atomic mass is 16.7. The lowest BCUT2D eigenvalue weighted by Gasteiger charge is -2.59. The smallest absolute Gasteiger partial charge is 0.284 e. The Bertz CT molecular complexity index is 2520. The maximum Gasteiger partial charge on any atom is 0.284 e. The lowest BCUT2D eigenvalue weighted by Crippen LogP contribution is -3.09. The third kappa shape index (κ3) is 6.39. The number of benzene rings is 3. The standard InChI is InChI=1S/C43H41N5O14/c44-41-46-37-32(38(55)47-41)45-19-48(37)29-4-2-1-3-24(29)23-9-12-59-18-30-42(57)10-7-21(16-51)43(58,39(42)56)40(61-30)62-35-27(23)14-28-31(36(35)60-17-22(52)8-11-49)34(54)26-13-20(15-50)5-6-25(26)33(28)53/h1-6,9,11-14,21-23,30,39-40,50-52,56-58H,7-8,10,15-19H2,(H2,44,47,55)/p+1. The summed E-state index contributed by atoms with van der Waals surface area (Å²) >= 11 is 0. The Morgan fingerprint density at radius 3 is 2.63 bits per heavy atom. The van der Waals surface area contributed by atoms with Crippen LogP contribution in [0, 0.1) is 11.3 Å². The highest BCUT2D eigenvalue weighted by Crippen LogP contribution is 2.53. The molecule has 9 N–H and O–H groups in total. The number of nitrogens with one attached hydrogen (secondary N) is 3. The molecule has 9 atom stereocenters. The van der Waals surface area contributed by atoms with E-state index in [0.717, 1.165) is 0 Å². The minimum absolute atomic E-state index is 0.00140. The quantitative estimate of drug-likeness (QED) is 0.0884. The predicted molar refractivity (Wildman–Crippen MR) is 212 cm³/mol. The second-order valence-electron chi connectivity index (χ2n) is 16.0. The molecule has 62 heavy (non-hydrogen) atoms. The van der Waals surface area contributed by atoms with E-state index in [9.17, 15) is 49.8 Å². The van der Waals surface area contributed by atoms with Gasteiger partial charge in [-0.05, 0) is 48.7 Å². The molecule has 3 aromatic rings. The van der Waals surface area contributed by atoms with Crippen LogP contribution in [0.1, 0.15) is 73.7 Å². The third-order valence-electron chi connectivity index (χ3n) is 12.6. The molecular weight excluding hydrogens is 810 g/mol. The maximum atomic E-state index is 14.8. The molecule has 0 spiro atoms. The van der Waals surface area contributed by atoms with E-state index in [-0.39, 0.29) is 83.6 Å². The summed E-state index contributed by atoms with van der Waals surface area (Å²) in [6.07, 6.45) is -3.70. The number of amides is 1. The highest BCUT2D eigenvalue weighted by molar-refractivity contribution is 6.68. The molecule has 322 valence electrons. The SMILES string of the molecule is N=C1N=C2C(=NC[NH+]2c2ccccc2C2C=COCC3OC(Oc4c2cc2c(c4OCC(O)CC=O)C(=O)c4cc(CO)ccc4C2=O)C2(O)C(CO)CCC3(O)C2O)C(=O)N1. The first kappa shape index (κ1) is 41.3. The number of carbonyl (C=O) groups excluding carboxylic acids is 4. The fraction of sp³-hybridized carbons (Fsp3) is 0.372.